The average molecular weight is 425 g/mol. The molecule has 0 atom stereocenters. The maximum Gasteiger partial charge on any atom is 0.261 e. The topological polar surface area (TPSA) is 56.8 Å². The van der Waals surface area contributed by atoms with Crippen LogP contribution in [0.1, 0.15) is 47.4 Å². The summed E-state index contributed by atoms with van der Waals surface area (Å²) in [4.78, 5) is 37.6. The molecule has 3 heterocycles. The summed E-state index contributed by atoms with van der Waals surface area (Å²) in [6.07, 6.45) is 4.10. The zero-order valence-electron chi connectivity index (χ0n) is 17.6. The van der Waals surface area contributed by atoms with Crippen molar-refractivity contribution >= 4 is 29.3 Å². The Labute approximate surface area is 182 Å². The van der Waals surface area contributed by atoms with Crippen LogP contribution >= 0.6 is 11.8 Å². The third-order valence-corrected chi connectivity index (χ3v) is 6.82. The minimum Gasteiger partial charge on any atom is -0.336 e. The predicted octanol–water partition coefficient (Wildman–Crippen LogP) is 3.77. The van der Waals surface area contributed by atoms with Crippen molar-refractivity contribution in [2.75, 3.05) is 44.2 Å². The van der Waals surface area contributed by atoms with Crippen molar-refractivity contribution in [1.82, 2.24) is 14.8 Å². The molecule has 1 aromatic carbocycles. The van der Waals surface area contributed by atoms with Crippen molar-refractivity contribution in [3.63, 3.8) is 0 Å². The van der Waals surface area contributed by atoms with Gasteiger partial charge < -0.3 is 9.80 Å². The molecule has 1 saturated heterocycles. The van der Waals surface area contributed by atoms with Gasteiger partial charge in [0.05, 0.1) is 11.3 Å². The average Bonchev–Trinajstić information content (AvgIpc) is 2.90. The number of carbonyl (C=O) groups excluding carboxylic acids is 2. The number of anilines is 1. The molecular weight excluding hydrogens is 396 g/mol. The van der Waals surface area contributed by atoms with Crippen LogP contribution in [0.15, 0.2) is 46.5 Å². The molecule has 1 aromatic heterocycles. The Hall–Kier alpha value is -2.38. The number of nitrogens with zero attached hydrogens (tertiary/aromatic N) is 4. The lowest BCUT2D eigenvalue weighted by Crippen LogP contribution is -2.48. The molecule has 4 rings (SSSR count). The molecule has 0 radical (unpaired) electrons. The summed E-state index contributed by atoms with van der Waals surface area (Å²) in [6, 6.07) is 9.28. The smallest absolute Gasteiger partial charge is 0.261 e. The predicted molar refractivity (Wildman–Crippen MR) is 119 cm³/mol. The molecule has 0 spiro atoms. The molecule has 0 bridgehead atoms. The summed E-state index contributed by atoms with van der Waals surface area (Å²) in [6.45, 7) is 9.23. The van der Waals surface area contributed by atoms with E-state index in [1.807, 2.05) is 36.1 Å². The number of piperazine rings is 1. The second-order valence-electron chi connectivity index (χ2n) is 7.68. The number of benzene rings is 1. The molecule has 6 nitrogen and oxygen atoms in total. The Morgan fingerprint density at radius 1 is 1.13 bits per heavy atom. The van der Waals surface area contributed by atoms with Crippen molar-refractivity contribution in [2.45, 2.75) is 36.6 Å². The highest BCUT2D eigenvalue weighted by atomic mass is 32.2. The van der Waals surface area contributed by atoms with Crippen LogP contribution in [-0.2, 0) is 0 Å². The van der Waals surface area contributed by atoms with Crippen LogP contribution in [0.3, 0.4) is 0 Å². The number of pyridine rings is 1. The molecule has 1 fully saturated rings. The van der Waals surface area contributed by atoms with Gasteiger partial charge in [-0.25, -0.2) is 4.98 Å². The van der Waals surface area contributed by atoms with E-state index in [0.717, 1.165) is 43.3 Å². The summed E-state index contributed by atoms with van der Waals surface area (Å²) in [5.41, 5.74) is 2.12. The monoisotopic (exact) mass is 424 g/mol. The van der Waals surface area contributed by atoms with E-state index in [9.17, 15) is 9.59 Å². The van der Waals surface area contributed by atoms with Crippen molar-refractivity contribution in [3.8, 4) is 0 Å². The minimum atomic E-state index is -0.0471. The van der Waals surface area contributed by atoms with Crippen molar-refractivity contribution in [2.24, 2.45) is 0 Å². The second-order valence-corrected chi connectivity index (χ2v) is 8.71. The van der Waals surface area contributed by atoms with Crippen LogP contribution < -0.4 is 4.90 Å². The summed E-state index contributed by atoms with van der Waals surface area (Å²) >= 11 is 1.46. The number of aromatic nitrogens is 1. The van der Waals surface area contributed by atoms with E-state index in [2.05, 4.69) is 16.8 Å². The Morgan fingerprint density at radius 3 is 2.67 bits per heavy atom. The van der Waals surface area contributed by atoms with E-state index in [1.165, 1.54) is 24.6 Å². The van der Waals surface area contributed by atoms with Gasteiger partial charge in [-0.05, 0) is 50.2 Å². The number of amides is 2. The van der Waals surface area contributed by atoms with Gasteiger partial charge in [0.2, 0.25) is 0 Å². The lowest BCUT2D eigenvalue weighted by atomic mass is 10.1. The maximum absolute atomic E-state index is 13.2. The zero-order valence-corrected chi connectivity index (χ0v) is 18.5. The van der Waals surface area contributed by atoms with Crippen LogP contribution in [0, 0.1) is 0 Å². The van der Waals surface area contributed by atoms with Gasteiger partial charge in [0.1, 0.15) is 5.03 Å². The normalized spacial score (nSPS) is 16.8. The van der Waals surface area contributed by atoms with Gasteiger partial charge in [0, 0.05) is 49.4 Å². The number of carbonyl (C=O) groups is 2. The largest absolute Gasteiger partial charge is 0.336 e. The Bertz CT molecular complexity index is 941. The van der Waals surface area contributed by atoms with E-state index in [4.69, 9.17) is 0 Å². The first kappa shape index (κ1) is 20.9. The standard InChI is InChI=1S/C23H28N4O2S/c1-3-5-11-25-12-14-26(15-13-25)22(28)17-8-9-19-20(16-17)30-21-18(7-6-10-24-21)23(29)27(19)4-2/h6-10,16H,3-5,11-15H2,1-2H3. The van der Waals surface area contributed by atoms with E-state index >= 15 is 0 Å². The fraction of sp³-hybridized carbons (Fsp3) is 0.435. The van der Waals surface area contributed by atoms with Gasteiger partial charge in [-0.3, -0.25) is 14.5 Å². The molecule has 7 heteroatoms. The Balaban J connectivity index is 1.56. The molecule has 30 heavy (non-hydrogen) atoms. The van der Waals surface area contributed by atoms with E-state index in [-0.39, 0.29) is 11.8 Å². The van der Waals surface area contributed by atoms with Crippen LogP contribution in [-0.4, -0.2) is 65.9 Å². The van der Waals surface area contributed by atoms with E-state index in [0.29, 0.717) is 22.7 Å². The summed E-state index contributed by atoms with van der Waals surface area (Å²) in [5, 5.41) is 0.689. The third-order valence-electron chi connectivity index (χ3n) is 5.75. The Morgan fingerprint density at radius 2 is 1.93 bits per heavy atom. The highest BCUT2D eigenvalue weighted by molar-refractivity contribution is 7.99. The summed E-state index contributed by atoms with van der Waals surface area (Å²) in [7, 11) is 0. The van der Waals surface area contributed by atoms with Gasteiger partial charge in [0.25, 0.3) is 11.8 Å². The first-order valence-electron chi connectivity index (χ1n) is 10.7. The van der Waals surface area contributed by atoms with Crippen LogP contribution in [0.25, 0.3) is 0 Å². The minimum absolute atomic E-state index is 0.0471. The second kappa shape index (κ2) is 9.18. The van der Waals surface area contributed by atoms with Crippen molar-refractivity contribution in [1.29, 1.82) is 0 Å². The van der Waals surface area contributed by atoms with Crippen LogP contribution in [0.4, 0.5) is 5.69 Å². The molecular formula is C23H28N4O2S. The highest BCUT2D eigenvalue weighted by Crippen LogP contribution is 2.40. The maximum atomic E-state index is 13.2. The SMILES string of the molecule is CCCCN1CCN(C(=O)c2ccc3c(c2)Sc2ncccc2C(=O)N3CC)CC1. The molecule has 0 saturated carbocycles. The highest BCUT2D eigenvalue weighted by Gasteiger charge is 2.29. The lowest BCUT2D eigenvalue weighted by molar-refractivity contribution is 0.0635. The van der Waals surface area contributed by atoms with E-state index < -0.39 is 0 Å². The fourth-order valence-electron chi connectivity index (χ4n) is 4.00. The first-order chi connectivity index (χ1) is 14.6. The molecule has 2 aromatic rings. The van der Waals surface area contributed by atoms with Gasteiger partial charge >= 0.3 is 0 Å². The number of rotatable bonds is 5. The molecule has 0 N–H and O–H groups in total. The van der Waals surface area contributed by atoms with Crippen molar-refractivity contribution in [3.05, 3.63) is 47.7 Å². The number of hydrogen-bond acceptors (Lipinski definition) is 5. The molecule has 0 unspecified atom stereocenters. The fourth-order valence-corrected chi connectivity index (χ4v) is 5.05. The van der Waals surface area contributed by atoms with Gasteiger partial charge in [0.15, 0.2) is 0 Å². The molecule has 0 aliphatic carbocycles. The number of hydrogen-bond donors (Lipinski definition) is 0. The quantitative estimate of drug-likeness (QED) is 0.731. The molecule has 2 amide bonds. The van der Waals surface area contributed by atoms with Crippen molar-refractivity contribution < 1.29 is 9.59 Å². The molecule has 2 aliphatic heterocycles. The summed E-state index contributed by atoms with van der Waals surface area (Å²) < 4.78 is 0. The van der Waals surface area contributed by atoms with Gasteiger partial charge in [-0.15, -0.1) is 0 Å². The van der Waals surface area contributed by atoms with Crippen LogP contribution in [0.5, 0.6) is 0 Å². The Kier molecular flexibility index (Phi) is 6.39. The van der Waals surface area contributed by atoms with Crippen LogP contribution in [0.2, 0.25) is 0 Å². The van der Waals surface area contributed by atoms with Gasteiger partial charge in [-0.1, -0.05) is 25.1 Å². The molecule has 2 aliphatic rings. The van der Waals surface area contributed by atoms with Gasteiger partial charge in [-0.2, -0.15) is 0 Å². The first-order valence-corrected chi connectivity index (χ1v) is 11.5. The van der Waals surface area contributed by atoms with E-state index in [1.54, 1.807) is 17.2 Å². The number of unbranched alkanes of at least 4 members (excludes halogenated alkanes) is 1. The summed E-state index contributed by atoms with van der Waals surface area (Å²) in [5.74, 6) is 0.0162. The lowest BCUT2D eigenvalue weighted by Gasteiger charge is -2.34. The zero-order chi connectivity index (χ0) is 21.1. The molecule has 158 valence electrons. The number of fused-ring (bicyclic) bond motifs is 2. The third kappa shape index (κ3) is 4.09.